The topological polar surface area (TPSA) is 178 Å². The molecule has 15 heteroatoms. The van der Waals surface area contributed by atoms with E-state index < -0.39 is 40.7 Å². The van der Waals surface area contributed by atoms with Gasteiger partial charge in [-0.1, -0.05) is 36.4 Å². The Labute approximate surface area is 248 Å². The molecule has 0 saturated heterocycles. The average Bonchev–Trinajstić information content (AvgIpc) is 3.27. The first-order valence-electron chi connectivity index (χ1n) is 12.1. The number of alkyl halides is 3. The highest BCUT2D eigenvalue weighted by Gasteiger charge is 2.38. The lowest BCUT2D eigenvalue weighted by Gasteiger charge is -2.31. The van der Waals surface area contributed by atoms with Gasteiger partial charge in [0.1, 0.15) is 28.2 Å². The van der Waals surface area contributed by atoms with Gasteiger partial charge in [0.2, 0.25) is 0 Å². The number of aliphatic hydroxyl groups is 1. The van der Waals surface area contributed by atoms with Gasteiger partial charge in [-0.25, -0.2) is 23.2 Å². The number of hydrogen-bond donors (Lipinski definition) is 4. The highest BCUT2D eigenvalue weighted by molar-refractivity contribution is 9.10. The summed E-state index contributed by atoms with van der Waals surface area (Å²) in [5, 5.41) is 17.7. The third kappa shape index (κ3) is 7.77. The lowest BCUT2D eigenvalue weighted by atomic mass is 9.80. The van der Waals surface area contributed by atoms with Crippen LogP contribution in [0.15, 0.2) is 58.1 Å². The molecule has 4 rings (SSSR count). The number of fused-ring (bicyclic) bond motifs is 3. The van der Waals surface area contributed by atoms with E-state index in [4.69, 9.17) is 21.7 Å². The molecule has 6 N–H and O–H groups in total. The van der Waals surface area contributed by atoms with E-state index in [1.807, 2.05) is 24.3 Å². The normalized spacial score (nSPS) is 14.2. The molecule has 0 bridgehead atoms. The van der Waals surface area contributed by atoms with Crippen molar-refractivity contribution >= 4 is 43.3 Å². The van der Waals surface area contributed by atoms with Crippen LogP contribution in [0, 0.1) is 0 Å². The minimum absolute atomic E-state index is 0.0487. The molecular formula is C27H28BrF3N4O6S. The maximum Gasteiger partial charge on any atom is 0.422 e. The molecule has 1 unspecified atom stereocenters. The van der Waals surface area contributed by atoms with Crippen LogP contribution in [0.1, 0.15) is 34.1 Å². The zero-order valence-corrected chi connectivity index (χ0v) is 24.8. The van der Waals surface area contributed by atoms with Gasteiger partial charge in [-0.15, -0.1) is 0 Å². The number of rotatable bonds is 8. The molecule has 1 heterocycles. The fraction of sp³-hybridized carbons (Fsp3) is 0.296. The largest absolute Gasteiger partial charge is 0.483 e. The number of sulfone groups is 1. The number of halogens is 4. The smallest absolute Gasteiger partial charge is 0.422 e. The highest BCUT2D eigenvalue weighted by Crippen LogP contribution is 2.43. The van der Waals surface area contributed by atoms with Crippen molar-refractivity contribution in [1.82, 2.24) is 4.98 Å². The highest BCUT2D eigenvalue weighted by atomic mass is 79.9. The first kappa shape index (κ1) is 32.8. The third-order valence-corrected chi connectivity index (χ3v) is 8.11. The van der Waals surface area contributed by atoms with Crippen molar-refractivity contribution in [2.75, 3.05) is 31.1 Å². The van der Waals surface area contributed by atoms with Crippen molar-refractivity contribution < 1.29 is 41.3 Å². The Balaban J connectivity index is 0.000000260. The molecule has 1 aromatic heterocycles. The van der Waals surface area contributed by atoms with E-state index in [1.165, 1.54) is 5.56 Å². The van der Waals surface area contributed by atoms with Crippen LogP contribution < -0.4 is 16.2 Å². The van der Waals surface area contributed by atoms with Crippen molar-refractivity contribution in [3.05, 3.63) is 75.5 Å². The Morgan fingerprint density at radius 1 is 1.19 bits per heavy atom. The van der Waals surface area contributed by atoms with Crippen molar-refractivity contribution in [2.45, 2.75) is 24.9 Å². The number of carbonyl (C=O) groups is 1. The number of aromatic carboxylic acids is 1. The van der Waals surface area contributed by atoms with Crippen molar-refractivity contribution in [3.63, 3.8) is 0 Å². The number of benzene rings is 2. The summed E-state index contributed by atoms with van der Waals surface area (Å²) < 4.78 is 64.2. The van der Waals surface area contributed by atoms with Crippen LogP contribution in [0.3, 0.4) is 0 Å². The van der Waals surface area contributed by atoms with Crippen LogP contribution in [-0.4, -0.2) is 66.9 Å². The lowest BCUT2D eigenvalue weighted by molar-refractivity contribution is -0.153. The Bertz CT molecular complexity index is 1630. The number of aromatic nitrogens is 1. The van der Waals surface area contributed by atoms with Crippen molar-refractivity contribution in [2.24, 2.45) is 10.7 Å². The maximum atomic E-state index is 12.0. The third-order valence-electron chi connectivity index (χ3n) is 6.41. The maximum absolute atomic E-state index is 12.0. The monoisotopic (exact) mass is 672 g/mol. The van der Waals surface area contributed by atoms with Crippen LogP contribution in [0.25, 0.3) is 11.1 Å². The van der Waals surface area contributed by atoms with Crippen molar-refractivity contribution in [3.8, 4) is 16.9 Å². The summed E-state index contributed by atoms with van der Waals surface area (Å²) in [4.78, 5) is 17.8. The second-order valence-corrected chi connectivity index (χ2v) is 12.7. The molecule has 3 aromatic rings. The molecule has 2 aromatic carbocycles. The van der Waals surface area contributed by atoms with Crippen LogP contribution in [-0.2, 0) is 21.7 Å². The zero-order chi connectivity index (χ0) is 31.5. The molecule has 1 aliphatic rings. The van der Waals surface area contributed by atoms with Gasteiger partial charge in [0.25, 0.3) is 0 Å². The standard InChI is InChI=1S/C19H23N3O3S.C8H5BrF3NO3/c1-19(10-26(2,24)25,18(21)22-11-23)16-8-7-14-13-6-4-3-5-12(13)9-15(14)17(16)20;9-4-2-13-5(7(14)15)1-6(4)16-3-8(10,11)12/h3-8,23H,9-11,20H2,1-2H3,(H2,21,22);1-2H,3H2,(H,14,15). The average molecular weight is 674 g/mol. The number of amidine groups is 1. The Morgan fingerprint density at radius 3 is 2.45 bits per heavy atom. The Kier molecular flexibility index (Phi) is 9.90. The number of carboxylic acid groups (broad SMARTS) is 1. The number of ether oxygens (including phenoxy) is 1. The van der Waals surface area contributed by atoms with E-state index in [2.05, 4.69) is 42.8 Å². The SMILES string of the molecule is CC(CS(C)(=O)=O)(C(N)=NCO)c1ccc2c(c1N)Cc1ccccc1-2.O=C(O)c1cc(OCC(F)(F)F)c(Br)cn1. The van der Waals surface area contributed by atoms with E-state index in [9.17, 15) is 26.4 Å². The van der Waals surface area contributed by atoms with Crippen LogP contribution in [0.5, 0.6) is 5.75 Å². The van der Waals surface area contributed by atoms with Gasteiger partial charge < -0.3 is 26.4 Å². The van der Waals surface area contributed by atoms with E-state index >= 15 is 0 Å². The quantitative estimate of drug-likeness (QED) is 0.123. The van der Waals surface area contributed by atoms with Gasteiger partial charge >= 0.3 is 12.1 Å². The second kappa shape index (κ2) is 12.7. The Morgan fingerprint density at radius 2 is 1.86 bits per heavy atom. The second-order valence-electron chi connectivity index (χ2n) is 9.68. The molecule has 0 aliphatic heterocycles. The molecule has 0 spiro atoms. The minimum Gasteiger partial charge on any atom is -0.483 e. The number of hydrogen-bond acceptors (Lipinski definition) is 8. The summed E-state index contributed by atoms with van der Waals surface area (Å²) in [7, 11) is -3.38. The molecule has 0 amide bonds. The first-order valence-corrected chi connectivity index (χ1v) is 15.0. The van der Waals surface area contributed by atoms with Gasteiger partial charge in [-0.2, -0.15) is 13.2 Å². The van der Waals surface area contributed by atoms with E-state index in [1.54, 1.807) is 6.92 Å². The fourth-order valence-electron chi connectivity index (χ4n) is 4.59. The first-order chi connectivity index (χ1) is 19.5. The molecule has 0 radical (unpaired) electrons. The van der Waals surface area contributed by atoms with E-state index in [0.717, 1.165) is 35.2 Å². The summed E-state index contributed by atoms with van der Waals surface area (Å²) in [6.07, 6.45) is -1.57. The lowest BCUT2D eigenvalue weighted by Crippen LogP contribution is -2.45. The van der Waals surface area contributed by atoms with E-state index in [-0.39, 0.29) is 27.5 Å². The molecule has 42 heavy (non-hydrogen) atoms. The number of aliphatic hydroxyl groups excluding tert-OH is 1. The summed E-state index contributed by atoms with van der Waals surface area (Å²) in [5.41, 5.74) is 16.5. The van der Waals surface area contributed by atoms with Gasteiger partial charge in [0, 0.05) is 30.6 Å². The molecule has 0 fully saturated rings. The zero-order valence-electron chi connectivity index (χ0n) is 22.4. The van der Waals surface area contributed by atoms with E-state index in [0.29, 0.717) is 17.7 Å². The van der Waals surface area contributed by atoms with Gasteiger partial charge in [0.15, 0.2) is 12.3 Å². The number of carboxylic acids is 1. The molecule has 1 atom stereocenters. The Hall–Kier alpha value is -3.69. The fourth-order valence-corrected chi connectivity index (χ4v) is 6.27. The molecule has 10 nitrogen and oxygen atoms in total. The van der Waals surface area contributed by atoms with Crippen molar-refractivity contribution in [1.29, 1.82) is 0 Å². The number of nitrogens with two attached hydrogens (primary N) is 2. The predicted molar refractivity (Wildman–Crippen MR) is 155 cm³/mol. The van der Waals surface area contributed by atoms with Gasteiger partial charge in [0.05, 0.1) is 15.6 Å². The number of anilines is 1. The van der Waals surface area contributed by atoms with Crippen LogP contribution >= 0.6 is 15.9 Å². The number of nitrogens with zero attached hydrogens (tertiary/aromatic N) is 2. The minimum atomic E-state index is -4.48. The number of pyridine rings is 1. The molecular weight excluding hydrogens is 645 g/mol. The molecule has 226 valence electrons. The predicted octanol–water partition coefficient (Wildman–Crippen LogP) is 3.93. The summed E-state index contributed by atoms with van der Waals surface area (Å²) in [5.74, 6) is -1.76. The number of aliphatic imine (C=N–C) groups is 1. The summed E-state index contributed by atoms with van der Waals surface area (Å²) >= 11 is 2.90. The van der Waals surface area contributed by atoms with Crippen LogP contribution in [0.4, 0.5) is 18.9 Å². The summed E-state index contributed by atoms with van der Waals surface area (Å²) in [6, 6.07) is 12.8. The molecule has 1 aliphatic carbocycles. The number of nitrogen functional groups attached to an aromatic ring is 1. The van der Waals surface area contributed by atoms with Crippen LogP contribution in [0.2, 0.25) is 0 Å². The van der Waals surface area contributed by atoms with Gasteiger partial charge in [-0.3, -0.25) is 0 Å². The summed E-state index contributed by atoms with van der Waals surface area (Å²) in [6.45, 7) is -0.307. The molecule has 0 saturated carbocycles. The van der Waals surface area contributed by atoms with Gasteiger partial charge in [-0.05, 0) is 50.7 Å².